The van der Waals surface area contributed by atoms with Crippen molar-refractivity contribution in [3.05, 3.63) is 35.5 Å². The maximum Gasteiger partial charge on any atom is 0.318 e. The smallest absolute Gasteiger partial charge is 0.318 e. The van der Waals surface area contributed by atoms with Gasteiger partial charge in [-0.25, -0.2) is 14.8 Å². The Hall–Kier alpha value is -2.40. The monoisotopic (exact) mass is 419 g/mol. The lowest BCUT2D eigenvalue weighted by atomic mass is 10.1. The minimum atomic E-state index is -2.72. The van der Waals surface area contributed by atoms with Gasteiger partial charge in [0.1, 0.15) is 5.82 Å². The van der Waals surface area contributed by atoms with Crippen LogP contribution >= 0.6 is 10.6 Å². The molecule has 1 unspecified atom stereocenters. The molecule has 2 aliphatic rings. The third-order valence-corrected chi connectivity index (χ3v) is 6.57. The lowest BCUT2D eigenvalue weighted by Crippen LogP contribution is -2.44. The molecule has 0 saturated carbocycles. The quantitative estimate of drug-likeness (QED) is 0.604. The van der Waals surface area contributed by atoms with Crippen molar-refractivity contribution in [2.24, 2.45) is 0 Å². The van der Waals surface area contributed by atoms with E-state index in [-0.39, 0.29) is 23.6 Å². The summed E-state index contributed by atoms with van der Waals surface area (Å²) < 4.78 is 26.1. The number of ether oxygens (including phenoxy) is 1. The van der Waals surface area contributed by atoms with Crippen molar-refractivity contribution in [2.45, 2.75) is 24.5 Å². The number of hydrogen-bond donors (Lipinski definition) is 4. The predicted octanol–water partition coefficient (Wildman–Crippen LogP) is 2.88. The third-order valence-electron chi connectivity index (χ3n) is 5.08. The maximum absolute atomic E-state index is 11.5. The summed E-state index contributed by atoms with van der Waals surface area (Å²) in [4.78, 5) is 23.1. The number of rotatable bonds is 3. The Kier molecular flexibility index (Phi) is 5.34. The van der Waals surface area contributed by atoms with Crippen LogP contribution in [0.15, 0.2) is 24.3 Å². The molecule has 0 radical (unpaired) electrons. The van der Waals surface area contributed by atoms with Gasteiger partial charge in [-0.05, 0) is 31.2 Å². The van der Waals surface area contributed by atoms with Gasteiger partial charge in [0.15, 0.2) is 5.82 Å². The molecule has 29 heavy (non-hydrogen) atoms. The Morgan fingerprint density at radius 2 is 2.00 bits per heavy atom. The standard InChI is InChI=1S/C19H25N5O4S/c1-12-9-28-8-7-24(12)18-15-10-29(26,27)11-16(15)22-17(23-18)13-3-5-14(6-4-13)21-19(25)20-2/h3-6,12,26-27H,7-11H2,1-2H3,(H2,20,21,25). The van der Waals surface area contributed by atoms with E-state index in [1.807, 2.05) is 12.1 Å². The molecule has 1 fully saturated rings. The normalized spacial score (nSPS) is 21.4. The maximum atomic E-state index is 11.5. The summed E-state index contributed by atoms with van der Waals surface area (Å²) >= 11 is 0. The first-order valence-corrected chi connectivity index (χ1v) is 11.3. The Labute approximate surface area is 170 Å². The first-order valence-electron chi connectivity index (χ1n) is 9.43. The largest absolute Gasteiger partial charge is 0.377 e. The molecule has 1 aromatic heterocycles. The van der Waals surface area contributed by atoms with E-state index >= 15 is 0 Å². The van der Waals surface area contributed by atoms with E-state index in [2.05, 4.69) is 27.4 Å². The molecule has 10 heteroatoms. The molecular formula is C19H25N5O4S. The molecular weight excluding hydrogens is 394 g/mol. The lowest BCUT2D eigenvalue weighted by molar-refractivity contribution is 0.0984. The zero-order chi connectivity index (χ0) is 20.6. The molecule has 0 aliphatic carbocycles. The molecule has 0 bridgehead atoms. The van der Waals surface area contributed by atoms with Gasteiger partial charge >= 0.3 is 6.03 Å². The van der Waals surface area contributed by atoms with Crippen molar-refractivity contribution >= 4 is 28.1 Å². The van der Waals surface area contributed by atoms with Gasteiger partial charge in [0.2, 0.25) is 0 Å². The van der Waals surface area contributed by atoms with Crippen LogP contribution in [-0.2, 0) is 16.2 Å². The zero-order valence-corrected chi connectivity index (χ0v) is 17.2. The van der Waals surface area contributed by atoms with Gasteiger partial charge in [-0.3, -0.25) is 9.11 Å². The minimum Gasteiger partial charge on any atom is -0.377 e. The molecule has 4 rings (SSSR count). The minimum absolute atomic E-state index is 0.136. The highest BCUT2D eigenvalue weighted by Gasteiger charge is 2.34. The highest BCUT2D eigenvalue weighted by molar-refractivity contribution is 8.23. The number of aromatic nitrogens is 2. The van der Waals surface area contributed by atoms with E-state index < -0.39 is 10.6 Å². The molecule has 2 aliphatic heterocycles. The second-order valence-electron chi connectivity index (χ2n) is 7.29. The van der Waals surface area contributed by atoms with E-state index in [0.29, 0.717) is 37.0 Å². The number of hydrogen-bond acceptors (Lipinski definition) is 7. The number of carbonyl (C=O) groups is 1. The van der Waals surface area contributed by atoms with Gasteiger partial charge in [-0.1, -0.05) is 0 Å². The Morgan fingerprint density at radius 3 is 2.69 bits per heavy atom. The molecule has 9 nitrogen and oxygen atoms in total. The van der Waals surface area contributed by atoms with Crippen molar-refractivity contribution in [1.82, 2.24) is 15.3 Å². The van der Waals surface area contributed by atoms with Gasteiger partial charge in [-0.15, -0.1) is 0 Å². The summed E-state index contributed by atoms with van der Waals surface area (Å²) in [7, 11) is -1.16. The highest BCUT2D eigenvalue weighted by Crippen LogP contribution is 2.54. The number of amides is 2. The predicted molar refractivity (Wildman–Crippen MR) is 113 cm³/mol. The first kappa shape index (κ1) is 19.9. The van der Waals surface area contributed by atoms with Crippen molar-refractivity contribution in [3.8, 4) is 11.4 Å². The summed E-state index contributed by atoms with van der Waals surface area (Å²) in [5.41, 5.74) is 2.96. The van der Waals surface area contributed by atoms with Crippen molar-refractivity contribution in [3.63, 3.8) is 0 Å². The molecule has 1 saturated heterocycles. The SMILES string of the molecule is CNC(=O)Nc1ccc(-c2nc3c(c(N4CCOCC4C)n2)CS(O)(O)C3)cc1. The Balaban J connectivity index is 1.71. The third kappa shape index (κ3) is 4.15. The number of morpholine rings is 1. The summed E-state index contributed by atoms with van der Waals surface area (Å²) in [6, 6.07) is 7.09. The summed E-state index contributed by atoms with van der Waals surface area (Å²) in [5, 5.41) is 5.22. The van der Waals surface area contributed by atoms with Crippen LogP contribution in [0.4, 0.5) is 16.3 Å². The fourth-order valence-electron chi connectivity index (χ4n) is 3.59. The second kappa shape index (κ2) is 7.79. The fourth-order valence-corrected chi connectivity index (χ4v) is 5.13. The molecule has 1 aromatic carbocycles. The molecule has 1 atom stereocenters. The van der Waals surface area contributed by atoms with E-state index in [1.165, 1.54) is 0 Å². The van der Waals surface area contributed by atoms with E-state index in [1.54, 1.807) is 19.2 Å². The van der Waals surface area contributed by atoms with Crippen LogP contribution < -0.4 is 15.5 Å². The van der Waals surface area contributed by atoms with Crippen LogP contribution in [-0.4, -0.2) is 58.0 Å². The van der Waals surface area contributed by atoms with E-state index in [0.717, 1.165) is 16.9 Å². The summed E-state index contributed by atoms with van der Waals surface area (Å²) in [6.07, 6.45) is 0. The number of anilines is 2. The van der Waals surface area contributed by atoms with Crippen LogP contribution in [0.1, 0.15) is 18.2 Å². The van der Waals surface area contributed by atoms with Crippen molar-refractivity contribution < 1.29 is 18.6 Å². The van der Waals surface area contributed by atoms with Gasteiger partial charge in [0.25, 0.3) is 0 Å². The van der Waals surface area contributed by atoms with Crippen molar-refractivity contribution in [2.75, 3.05) is 37.0 Å². The second-order valence-corrected chi connectivity index (χ2v) is 9.47. The molecule has 2 aromatic rings. The molecule has 2 amide bonds. The van der Waals surface area contributed by atoms with Gasteiger partial charge < -0.3 is 20.3 Å². The molecule has 156 valence electrons. The molecule has 3 heterocycles. The number of nitrogens with zero attached hydrogens (tertiary/aromatic N) is 3. The number of fused-ring (bicyclic) bond motifs is 1. The lowest BCUT2D eigenvalue weighted by Gasteiger charge is -2.35. The van der Waals surface area contributed by atoms with Crippen molar-refractivity contribution in [1.29, 1.82) is 0 Å². The highest BCUT2D eigenvalue weighted by atomic mass is 32.3. The summed E-state index contributed by atoms with van der Waals surface area (Å²) in [5.74, 6) is 1.63. The Bertz CT molecular complexity index is 922. The van der Waals surface area contributed by atoms with Gasteiger partial charge in [0, 0.05) is 30.4 Å². The topological polar surface area (TPSA) is 120 Å². The number of nitrogens with one attached hydrogen (secondary N) is 2. The zero-order valence-electron chi connectivity index (χ0n) is 16.4. The number of urea groups is 1. The Morgan fingerprint density at radius 1 is 1.24 bits per heavy atom. The average molecular weight is 420 g/mol. The van der Waals surface area contributed by atoms with Crippen LogP contribution in [0, 0.1) is 0 Å². The molecule has 4 N–H and O–H groups in total. The van der Waals surface area contributed by atoms with Crippen LogP contribution in [0.5, 0.6) is 0 Å². The summed E-state index contributed by atoms with van der Waals surface area (Å²) in [6.45, 7) is 3.97. The van der Waals surface area contributed by atoms with Crippen LogP contribution in [0.2, 0.25) is 0 Å². The van der Waals surface area contributed by atoms with Gasteiger partial charge in [-0.2, -0.15) is 10.6 Å². The van der Waals surface area contributed by atoms with Gasteiger partial charge in [0.05, 0.1) is 36.5 Å². The first-order chi connectivity index (χ1) is 13.9. The number of benzene rings is 1. The van der Waals surface area contributed by atoms with Crippen LogP contribution in [0.25, 0.3) is 11.4 Å². The fraction of sp³-hybridized carbons (Fsp3) is 0.421. The van der Waals surface area contributed by atoms with E-state index in [9.17, 15) is 13.9 Å². The average Bonchev–Trinajstić information content (AvgIpc) is 3.02. The number of carbonyl (C=O) groups excluding carboxylic acids is 1. The van der Waals surface area contributed by atoms with E-state index in [4.69, 9.17) is 9.72 Å². The molecule has 0 spiro atoms. The van der Waals surface area contributed by atoms with Crippen LogP contribution in [0.3, 0.4) is 0 Å².